The summed E-state index contributed by atoms with van der Waals surface area (Å²) in [6, 6.07) is 6.52. The smallest absolute Gasteiger partial charge is 0.239 e. The molecule has 2 saturated heterocycles. The molecule has 2 fully saturated rings. The number of rotatable bonds is 8. The molecular weight excluding hydrogens is 604 g/mol. The Bertz CT molecular complexity index is 1570. The van der Waals surface area contributed by atoms with Gasteiger partial charge in [0.1, 0.15) is 59.1 Å². The lowest BCUT2D eigenvalue weighted by Crippen LogP contribution is -2.64. The van der Waals surface area contributed by atoms with Crippen molar-refractivity contribution in [3.8, 4) is 40.1 Å². The predicted molar refractivity (Wildman–Crippen MR) is 150 cm³/mol. The lowest BCUT2D eigenvalue weighted by atomic mass is 9.97. The average Bonchev–Trinajstić information content (AvgIpc) is 3.02. The standard InChI is InChI=1S/C29H34O16/c1-10-19(33)22(36)24(38)28(41-10)45-27-23(37)20(34)17(9-30)43-29(27)44-26-21(35)18-14(32)7-12(39-2)8-16(18)42-25(26)11-4-5-15(40-3)13(31)6-11/h4-8,10,17,19-20,22-24,27-34,36-38H,9H2,1-3H3/t10-,17+,19-,20+,22+,23-,24+,27+,28-,29-/m0/s1. The summed E-state index contributed by atoms with van der Waals surface area (Å²) in [6.07, 6.45) is -16.4. The lowest BCUT2D eigenvalue weighted by molar-refractivity contribution is -0.354. The van der Waals surface area contributed by atoms with Gasteiger partial charge in [-0.25, -0.2) is 0 Å². The zero-order chi connectivity index (χ0) is 32.7. The fourth-order valence-electron chi connectivity index (χ4n) is 5.20. The second-order valence-electron chi connectivity index (χ2n) is 10.6. The van der Waals surface area contributed by atoms with Gasteiger partial charge >= 0.3 is 0 Å². The van der Waals surface area contributed by atoms with Crippen molar-refractivity contribution >= 4 is 11.0 Å². The number of aliphatic hydroxyl groups is 6. The van der Waals surface area contributed by atoms with Crippen molar-refractivity contribution in [3.05, 3.63) is 40.6 Å². The third-order valence-electron chi connectivity index (χ3n) is 7.74. The normalized spacial score (nSPS) is 31.9. The summed E-state index contributed by atoms with van der Waals surface area (Å²) in [5.41, 5.74) is -0.976. The average molecular weight is 639 g/mol. The van der Waals surface area contributed by atoms with E-state index in [4.69, 9.17) is 32.8 Å². The Labute approximate surface area is 254 Å². The molecule has 0 unspecified atom stereocenters. The lowest BCUT2D eigenvalue weighted by Gasteiger charge is -2.45. The number of methoxy groups -OCH3 is 2. The Balaban J connectivity index is 1.63. The zero-order valence-corrected chi connectivity index (χ0v) is 24.2. The van der Waals surface area contributed by atoms with Gasteiger partial charge in [0.25, 0.3) is 0 Å². The summed E-state index contributed by atoms with van der Waals surface area (Å²) < 4.78 is 39.1. The summed E-state index contributed by atoms with van der Waals surface area (Å²) in [5.74, 6) is -1.51. The van der Waals surface area contributed by atoms with Crippen LogP contribution in [0.1, 0.15) is 6.92 Å². The maximum Gasteiger partial charge on any atom is 0.239 e. The van der Waals surface area contributed by atoms with Crippen molar-refractivity contribution in [1.29, 1.82) is 0 Å². The molecule has 0 amide bonds. The number of hydrogen-bond acceptors (Lipinski definition) is 16. The molecule has 2 aromatic carbocycles. The minimum Gasteiger partial charge on any atom is -0.507 e. The third kappa shape index (κ3) is 5.99. The van der Waals surface area contributed by atoms with Crippen LogP contribution in [0.25, 0.3) is 22.3 Å². The van der Waals surface area contributed by atoms with Crippen LogP contribution in [0.3, 0.4) is 0 Å². The molecule has 246 valence electrons. The second kappa shape index (κ2) is 13.0. The van der Waals surface area contributed by atoms with Crippen molar-refractivity contribution in [3.63, 3.8) is 0 Å². The summed E-state index contributed by atoms with van der Waals surface area (Å²) in [5, 5.41) is 83.1. The van der Waals surface area contributed by atoms with E-state index >= 15 is 0 Å². The van der Waals surface area contributed by atoms with Crippen molar-refractivity contribution in [2.24, 2.45) is 0 Å². The minimum atomic E-state index is -1.88. The summed E-state index contributed by atoms with van der Waals surface area (Å²) in [6.45, 7) is 0.592. The number of aliphatic hydroxyl groups excluding tert-OH is 6. The van der Waals surface area contributed by atoms with Gasteiger partial charge in [-0.05, 0) is 25.1 Å². The molecule has 2 aliphatic heterocycles. The van der Waals surface area contributed by atoms with E-state index in [-0.39, 0.29) is 39.5 Å². The minimum absolute atomic E-state index is 0.0918. The molecule has 16 heteroatoms. The van der Waals surface area contributed by atoms with Crippen LogP contribution in [-0.4, -0.2) is 123 Å². The first-order chi connectivity index (χ1) is 21.4. The van der Waals surface area contributed by atoms with Crippen LogP contribution in [0.4, 0.5) is 0 Å². The highest BCUT2D eigenvalue weighted by atomic mass is 16.8. The largest absolute Gasteiger partial charge is 0.507 e. The number of ether oxygens (including phenoxy) is 6. The van der Waals surface area contributed by atoms with E-state index < -0.39 is 84.9 Å². The van der Waals surface area contributed by atoms with Crippen molar-refractivity contribution < 1.29 is 73.7 Å². The molecule has 8 N–H and O–H groups in total. The van der Waals surface area contributed by atoms with E-state index in [0.717, 1.165) is 6.07 Å². The first-order valence-electron chi connectivity index (χ1n) is 13.8. The van der Waals surface area contributed by atoms with Gasteiger partial charge in [-0.3, -0.25) is 4.79 Å². The summed E-state index contributed by atoms with van der Waals surface area (Å²) in [4.78, 5) is 13.9. The van der Waals surface area contributed by atoms with Gasteiger partial charge in [0.05, 0.1) is 26.9 Å². The molecule has 0 radical (unpaired) electrons. The molecule has 0 spiro atoms. The highest BCUT2D eigenvalue weighted by Crippen LogP contribution is 2.40. The highest BCUT2D eigenvalue weighted by Gasteiger charge is 2.51. The van der Waals surface area contributed by atoms with Gasteiger partial charge in [-0.1, -0.05) is 0 Å². The highest BCUT2D eigenvalue weighted by molar-refractivity contribution is 5.88. The first kappa shape index (κ1) is 32.7. The Kier molecular flexibility index (Phi) is 9.41. The van der Waals surface area contributed by atoms with Gasteiger partial charge in [0.15, 0.2) is 29.7 Å². The summed E-state index contributed by atoms with van der Waals surface area (Å²) >= 11 is 0. The molecule has 45 heavy (non-hydrogen) atoms. The number of phenolic OH excluding ortho intramolecular Hbond substituents is 2. The Morgan fingerprint density at radius 2 is 1.56 bits per heavy atom. The Morgan fingerprint density at radius 3 is 2.20 bits per heavy atom. The molecule has 5 rings (SSSR count). The molecule has 1 aromatic heterocycles. The van der Waals surface area contributed by atoms with Crippen LogP contribution in [-0.2, 0) is 14.2 Å². The molecule has 0 saturated carbocycles. The number of phenols is 2. The van der Waals surface area contributed by atoms with E-state index in [1.54, 1.807) is 0 Å². The van der Waals surface area contributed by atoms with E-state index in [9.17, 15) is 45.6 Å². The summed E-state index contributed by atoms with van der Waals surface area (Å²) in [7, 11) is 2.67. The molecule has 0 aliphatic carbocycles. The van der Waals surface area contributed by atoms with Crippen LogP contribution < -0.4 is 19.6 Å². The zero-order valence-electron chi connectivity index (χ0n) is 24.2. The van der Waals surface area contributed by atoms with Gasteiger partial charge in [-0.2, -0.15) is 0 Å². The fourth-order valence-corrected chi connectivity index (χ4v) is 5.20. The van der Waals surface area contributed by atoms with Gasteiger partial charge < -0.3 is 73.7 Å². The van der Waals surface area contributed by atoms with Crippen molar-refractivity contribution in [1.82, 2.24) is 0 Å². The SMILES string of the molecule is COc1cc(O)c2c(=O)c(O[C@@H]3O[C@H](CO)[C@@H](O)[C@H](O)[C@H]3O[C@@H]3O[C@@H](C)[C@H](O)[C@@H](O)[C@H]3O)c(-c3ccc(OC)c(O)c3)oc2c1. The molecule has 3 heterocycles. The molecule has 3 aromatic rings. The predicted octanol–water partition coefficient (Wildman–Crippen LogP) is -1.08. The Morgan fingerprint density at radius 1 is 0.822 bits per heavy atom. The topological polar surface area (TPSA) is 247 Å². The van der Waals surface area contributed by atoms with Crippen LogP contribution in [0.2, 0.25) is 0 Å². The maximum absolute atomic E-state index is 13.9. The van der Waals surface area contributed by atoms with E-state index in [0.29, 0.717) is 0 Å². The maximum atomic E-state index is 13.9. The van der Waals surface area contributed by atoms with Crippen LogP contribution >= 0.6 is 0 Å². The number of aromatic hydroxyl groups is 2. The quantitative estimate of drug-likeness (QED) is 0.146. The molecular formula is C29H34O16. The van der Waals surface area contributed by atoms with Gasteiger partial charge in [-0.15, -0.1) is 0 Å². The molecule has 10 atom stereocenters. The molecule has 0 bridgehead atoms. The molecule has 16 nitrogen and oxygen atoms in total. The monoisotopic (exact) mass is 638 g/mol. The van der Waals surface area contributed by atoms with Crippen LogP contribution in [0, 0.1) is 0 Å². The van der Waals surface area contributed by atoms with Gasteiger partial charge in [0, 0.05) is 17.7 Å². The van der Waals surface area contributed by atoms with Gasteiger partial charge in [0.2, 0.25) is 17.5 Å². The Hall–Kier alpha value is -3.71. The molecule has 2 aliphatic rings. The number of hydrogen-bond donors (Lipinski definition) is 8. The number of benzene rings is 2. The number of fused-ring (bicyclic) bond motifs is 1. The third-order valence-corrected chi connectivity index (χ3v) is 7.74. The van der Waals surface area contributed by atoms with Crippen LogP contribution in [0.15, 0.2) is 39.5 Å². The second-order valence-corrected chi connectivity index (χ2v) is 10.6. The van der Waals surface area contributed by atoms with E-state index in [1.165, 1.54) is 45.4 Å². The van der Waals surface area contributed by atoms with E-state index in [1.807, 2.05) is 0 Å². The van der Waals surface area contributed by atoms with Crippen molar-refractivity contribution in [2.75, 3.05) is 20.8 Å². The van der Waals surface area contributed by atoms with Crippen molar-refractivity contribution in [2.45, 2.75) is 68.3 Å². The first-order valence-corrected chi connectivity index (χ1v) is 13.8. The van der Waals surface area contributed by atoms with E-state index in [2.05, 4.69) is 0 Å². The fraction of sp³-hybridized carbons (Fsp3) is 0.483. The van der Waals surface area contributed by atoms with Crippen LogP contribution in [0.5, 0.6) is 28.7 Å².